The first-order valence-corrected chi connectivity index (χ1v) is 13.0. The van der Waals surface area contributed by atoms with Crippen molar-refractivity contribution in [2.45, 2.75) is 53.4 Å². The van der Waals surface area contributed by atoms with Gasteiger partial charge in [0.25, 0.3) is 0 Å². The van der Waals surface area contributed by atoms with Gasteiger partial charge in [0, 0.05) is 52.8 Å². The number of carbonyl (C=O) groups excluding carboxylic acids is 2. The van der Waals surface area contributed by atoms with Crippen LogP contribution in [0.3, 0.4) is 0 Å². The number of aryl methyl sites for hydroxylation is 1. The highest BCUT2D eigenvalue weighted by molar-refractivity contribution is 6.12. The van der Waals surface area contributed by atoms with Crippen LogP contribution >= 0.6 is 0 Å². The van der Waals surface area contributed by atoms with Crippen LogP contribution in [0.1, 0.15) is 74.1 Å². The molecule has 184 valence electrons. The molecular formula is C29H41N3O2. The zero-order valence-electron chi connectivity index (χ0n) is 21.7. The second-order valence-corrected chi connectivity index (χ2v) is 9.13. The van der Waals surface area contributed by atoms with Crippen LogP contribution in [-0.2, 0) is 7.05 Å². The van der Waals surface area contributed by atoms with Gasteiger partial charge in [-0.3, -0.25) is 9.59 Å². The van der Waals surface area contributed by atoms with E-state index >= 15 is 0 Å². The molecule has 1 heterocycles. The van der Waals surface area contributed by atoms with Crippen LogP contribution in [0.4, 0.5) is 0 Å². The van der Waals surface area contributed by atoms with Gasteiger partial charge in [-0.25, -0.2) is 0 Å². The number of carbonyl (C=O) groups is 2. The largest absolute Gasteiger partial charge is 0.344 e. The molecule has 2 aromatic carbocycles. The SMILES string of the molecule is CCN(CC)CCCC(=O)c1ccc2c(c1)c1ccc(C(=O)CCCN(CC)CC)cc1n2C. The quantitative estimate of drug-likeness (QED) is 0.278. The Hall–Kier alpha value is -2.50. The lowest BCUT2D eigenvalue weighted by atomic mass is 10.0. The van der Waals surface area contributed by atoms with E-state index in [2.05, 4.69) is 42.1 Å². The van der Waals surface area contributed by atoms with Crippen molar-refractivity contribution < 1.29 is 9.59 Å². The van der Waals surface area contributed by atoms with E-state index in [9.17, 15) is 9.59 Å². The van der Waals surface area contributed by atoms with Crippen LogP contribution in [-0.4, -0.2) is 65.2 Å². The van der Waals surface area contributed by atoms with Gasteiger partial charge in [0.2, 0.25) is 0 Å². The van der Waals surface area contributed by atoms with Crippen molar-refractivity contribution in [2.75, 3.05) is 39.3 Å². The summed E-state index contributed by atoms with van der Waals surface area (Å²) in [6.45, 7) is 14.6. The van der Waals surface area contributed by atoms with Gasteiger partial charge in [-0.2, -0.15) is 0 Å². The van der Waals surface area contributed by atoms with Crippen molar-refractivity contribution in [3.63, 3.8) is 0 Å². The molecule has 5 heteroatoms. The summed E-state index contributed by atoms with van der Waals surface area (Å²) in [5, 5.41) is 2.17. The molecule has 0 fully saturated rings. The standard InChI is InChI=1S/C29H41N3O2/c1-6-31(7-2)18-10-12-28(33)22-15-17-26-25(20-22)24-16-14-23(21-27(24)30(26)5)29(34)13-11-19-32(8-3)9-4/h14-17,20-21H,6-13,18-19H2,1-5H3. The first-order valence-electron chi connectivity index (χ1n) is 13.0. The number of hydrogen-bond acceptors (Lipinski definition) is 4. The van der Waals surface area contributed by atoms with E-state index in [1.807, 2.05) is 43.4 Å². The summed E-state index contributed by atoms with van der Waals surface area (Å²) in [6.07, 6.45) is 2.90. The van der Waals surface area contributed by atoms with Crippen molar-refractivity contribution in [1.82, 2.24) is 14.4 Å². The molecule has 0 aliphatic heterocycles. The van der Waals surface area contributed by atoms with Gasteiger partial charge < -0.3 is 14.4 Å². The molecule has 3 rings (SSSR count). The molecule has 0 N–H and O–H groups in total. The van der Waals surface area contributed by atoms with Crippen LogP contribution in [0.15, 0.2) is 36.4 Å². The zero-order chi connectivity index (χ0) is 24.7. The van der Waals surface area contributed by atoms with Gasteiger partial charge in [-0.15, -0.1) is 0 Å². The maximum atomic E-state index is 12.9. The fourth-order valence-electron chi connectivity index (χ4n) is 4.85. The number of ketones is 2. The molecule has 0 radical (unpaired) electrons. The average Bonchev–Trinajstić information content (AvgIpc) is 3.15. The molecular weight excluding hydrogens is 422 g/mol. The van der Waals surface area contributed by atoms with E-state index in [1.165, 1.54) is 0 Å². The number of nitrogens with zero attached hydrogens (tertiary/aromatic N) is 3. The topological polar surface area (TPSA) is 45.6 Å². The van der Waals surface area contributed by atoms with Gasteiger partial charge in [0.15, 0.2) is 11.6 Å². The lowest BCUT2D eigenvalue weighted by Crippen LogP contribution is -2.24. The fraction of sp³-hybridized carbons (Fsp3) is 0.517. The normalized spacial score (nSPS) is 11.9. The Bertz CT molecular complexity index is 1120. The summed E-state index contributed by atoms with van der Waals surface area (Å²) >= 11 is 0. The monoisotopic (exact) mass is 463 g/mol. The summed E-state index contributed by atoms with van der Waals surface area (Å²) < 4.78 is 2.13. The summed E-state index contributed by atoms with van der Waals surface area (Å²) in [5.74, 6) is 0.398. The highest BCUT2D eigenvalue weighted by atomic mass is 16.1. The van der Waals surface area contributed by atoms with Crippen molar-refractivity contribution in [3.05, 3.63) is 47.5 Å². The predicted octanol–water partition coefficient (Wildman–Crippen LogP) is 5.94. The van der Waals surface area contributed by atoms with Crippen LogP contribution in [0.5, 0.6) is 0 Å². The minimum atomic E-state index is 0.198. The highest BCUT2D eigenvalue weighted by Gasteiger charge is 2.15. The second kappa shape index (κ2) is 12.3. The summed E-state index contributed by atoms with van der Waals surface area (Å²) in [6, 6.07) is 12.0. The molecule has 0 spiro atoms. The number of hydrogen-bond donors (Lipinski definition) is 0. The molecule has 34 heavy (non-hydrogen) atoms. The number of Topliss-reactive ketones (excluding diaryl/α,β-unsaturated/α-hetero) is 2. The minimum Gasteiger partial charge on any atom is -0.344 e. The third kappa shape index (κ3) is 5.94. The van der Waals surface area contributed by atoms with Crippen molar-refractivity contribution >= 4 is 33.4 Å². The Balaban J connectivity index is 1.76. The number of benzene rings is 2. The first-order chi connectivity index (χ1) is 16.4. The van der Waals surface area contributed by atoms with Crippen LogP contribution in [0.25, 0.3) is 21.8 Å². The van der Waals surface area contributed by atoms with E-state index in [1.54, 1.807) is 0 Å². The Morgan fingerprint density at radius 1 is 0.676 bits per heavy atom. The predicted molar refractivity (Wildman–Crippen MR) is 143 cm³/mol. The van der Waals surface area contributed by atoms with E-state index in [-0.39, 0.29) is 11.6 Å². The van der Waals surface area contributed by atoms with Gasteiger partial charge >= 0.3 is 0 Å². The third-order valence-electron chi connectivity index (χ3n) is 7.20. The maximum Gasteiger partial charge on any atom is 0.162 e. The van der Waals surface area contributed by atoms with Crippen LogP contribution in [0, 0.1) is 0 Å². The molecule has 0 bridgehead atoms. The summed E-state index contributed by atoms with van der Waals surface area (Å²) in [4.78, 5) is 30.4. The Morgan fingerprint density at radius 3 is 1.71 bits per heavy atom. The average molecular weight is 464 g/mol. The third-order valence-corrected chi connectivity index (χ3v) is 7.20. The molecule has 3 aromatic rings. The zero-order valence-corrected chi connectivity index (χ0v) is 21.7. The van der Waals surface area contributed by atoms with Crippen molar-refractivity contribution in [2.24, 2.45) is 7.05 Å². The molecule has 0 atom stereocenters. The van der Waals surface area contributed by atoms with Gasteiger partial charge in [0.05, 0.1) is 0 Å². The van der Waals surface area contributed by atoms with Crippen molar-refractivity contribution in [1.29, 1.82) is 0 Å². The Morgan fingerprint density at radius 2 is 1.18 bits per heavy atom. The van der Waals surface area contributed by atoms with E-state index in [0.29, 0.717) is 12.8 Å². The maximum absolute atomic E-state index is 12.9. The molecule has 0 saturated heterocycles. The number of fused-ring (bicyclic) bond motifs is 3. The first kappa shape index (κ1) is 26.1. The molecule has 0 aliphatic rings. The summed E-state index contributed by atoms with van der Waals surface area (Å²) in [7, 11) is 2.03. The van der Waals surface area contributed by atoms with Crippen molar-refractivity contribution in [3.8, 4) is 0 Å². The fourth-order valence-corrected chi connectivity index (χ4v) is 4.85. The Kier molecular flexibility index (Phi) is 9.43. The van der Waals surface area contributed by atoms with Gasteiger partial charge in [0.1, 0.15) is 0 Å². The number of aromatic nitrogens is 1. The van der Waals surface area contributed by atoms with Gasteiger partial charge in [-0.1, -0.05) is 39.8 Å². The lowest BCUT2D eigenvalue weighted by Gasteiger charge is -2.17. The van der Waals surface area contributed by atoms with E-state index in [4.69, 9.17) is 0 Å². The molecule has 0 aliphatic carbocycles. The molecule has 5 nitrogen and oxygen atoms in total. The van der Waals surface area contributed by atoms with E-state index < -0.39 is 0 Å². The second-order valence-electron chi connectivity index (χ2n) is 9.13. The Labute approximate surface area is 204 Å². The minimum absolute atomic E-state index is 0.198. The molecule has 1 aromatic heterocycles. The van der Waals surface area contributed by atoms with Crippen LogP contribution < -0.4 is 0 Å². The molecule has 0 unspecified atom stereocenters. The smallest absolute Gasteiger partial charge is 0.162 e. The van der Waals surface area contributed by atoms with E-state index in [0.717, 1.165) is 85.0 Å². The molecule has 0 amide bonds. The summed E-state index contributed by atoms with van der Waals surface area (Å²) in [5.41, 5.74) is 3.67. The lowest BCUT2D eigenvalue weighted by molar-refractivity contribution is 0.0967. The number of rotatable bonds is 14. The van der Waals surface area contributed by atoms with Crippen LogP contribution in [0.2, 0.25) is 0 Å². The highest BCUT2D eigenvalue weighted by Crippen LogP contribution is 2.30. The molecule has 0 saturated carbocycles. The van der Waals surface area contributed by atoms with Gasteiger partial charge in [-0.05, 0) is 76.4 Å².